The number of ether oxygens (including phenoxy) is 1. The molecule has 5 heteroatoms. The Morgan fingerprint density at radius 2 is 1.48 bits per heavy atom. The van der Waals surface area contributed by atoms with Crippen LogP contribution in [-0.2, 0) is 0 Å². The van der Waals surface area contributed by atoms with E-state index < -0.39 is 0 Å². The number of fused-ring (bicyclic) bond motifs is 3. The molecule has 1 aliphatic rings. The topological polar surface area (TPSA) is 56.2 Å². The molecule has 0 aliphatic carbocycles. The summed E-state index contributed by atoms with van der Waals surface area (Å²) in [5.74, 6) is 2.36. The van der Waals surface area contributed by atoms with E-state index in [-0.39, 0.29) is 17.5 Å². The molecule has 5 rings (SSSR count). The third-order valence-electron chi connectivity index (χ3n) is 5.26. The molecule has 5 nitrogen and oxygen atoms in total. The van der Waals surface area contributed by atoms with E-state index in [9.17, 15) is 4.79 Å². The van der Waals surface area contributed by atoms with Gasteiger partial charge in [-0.15, -0.1) is 0 Å². The number of rotatable bonds is 3. The normalized spacial score (nSPS) is 13.1. The summed E-state index contributed by atoms with van der Waals surface area (Å²) in [6.07, 6.45) is 0. The highest BCUT2D eigenvalue weighted by Gasteiger charge is 2.28. The molecule has 0 saturated heterocycles. The molecule has 0 bridgehead atoms. The van der Waals surface area contributed by atoms with E-state index in [0.29, 0.717) is 16.7 Å². The molecule has 0 radical (unpaired) electrons. The third-order valence-corrected chi connectivity index (χ3v) is 5.26. The van der Waals surface area contributed by atoms with Crippen LogP contribution in [0.2, 0.25) is 0 Å². The molecule has 0 amide bonds. The van der Waals surface area contributed by atoms with E-state index in [1.807, 2.05) is 86.6 Å². The van der Waals surface area contributed by atoms with Gasteiger partial charge in [0.25, 0.3) is 5.56 Å². The van der Waals surface area contributed by atoms with Gasteiger partial charge in [-0.2, -0.15) is 0 Å². The fourth-order valence-corrected chi connectivity index (χ4v) is 3.84. The Kier molecular flexibility index (Phi) is 4.09. The average molecular weight is 383 g/mol. The molecule has 1 N–H and O–H groups in total. The highest BCUT2D eigenvalue weighted by molar-refractivity contribution is 5.77. The molecule has 0 saturated carbocycles. The summed E-state index contributed by atoms with van der Waals surface area (Å²) in [7, 11) is 0. The minimum absolute atomic E-state index is 0.0742. The first-order chi connectivity index (χ1) is 14.1. The van der Waals surface area contributed by atoms with Crippen molar-refractivity contribution in [3.63, 3.8) is 0 Å². The zero-order valence-corrected chi connectivity index (χ0v) is 16.3. The summed E-state index contributed by atoms with van der Waals surface area (Å²) in [5.41, 5.74) is 6.06. The highest BCUT2D eigenvalue weighted by atomic mass is 16.5. The Hall–Kier alpha value is -3.60. The monoisotopic (exact) mass is 383 g/mol. The second-order valence-electron chi connectivity index (χ2n) is 7.52. The summed E-state index contributed by atoms with van der Waals surface area (Å²) in [6.45, 7) is 4.08. The van der Waals surface area contributed by atoms with Gasteiger partial charge < -0.3 is 10.2 Å². The van der Waals surface area contributed by atoms with Gasteiger partial charge in [0.1, 0.15) is 17.3 Å². The molecule has 1 aliphatic heterocycles. The lowest BCUT2D eigenvalue weighted by molar-refractivity contribution is 0.444. The van der Waals surface area contributed by atoms with Crippen LogP contribution in [-0.4, -0.2) is 9.66 Å². The van der Waals surface area contributed by atoms with Crippen LogP contribution in [0.25, 0.3) is 10.9 Å². The number of hydrogen-bond donors (Lipinski definition) is 1. The van der Waals surface area contributed by atoms with Crippen molar-refractivity contribution in [3.8, 4) is 11.5 Å². The minimum atomic E-state index is -0.227. The number of nitrogens with zero attached hydrogens (tertiary/aromatic N) is 2. The van der Waals surface area contributed by atoms with Crippen molar-refractivity contribution < 1.29 is 4.74 Å². The van der Waals surface area contributed by atoms with Gasteiger partial charge in [-0.3, -0.25) is 4.79 Å². The van der Waals surface area contributed by atoms with Crippen LogP contribution in [0.4, 0.5) is 0 Å². The maximum atomic E-state index is 13.4. The molecule has 0 atom stereocenters. The van der Waals surface area contributed by atoms with Crippen molar-refractivity contribution in [3.05, 3.63) is 100 Å². The lowest BCUT2D eigenvalue weighted by atomic mass is 9.95. The molecule has 1 aromatic heterocycles. The van der Waals surface area contributed by atoms with Crippen LogP contribution in [0.15, 0.2) is 77.6 Å². The van der Waals surface area contributed by atoms with Gasteiger partial charge in [-0.25, -0.2) is 9.66 Å². The van der Waals surface area contributed by atoms with Gasteiger partial charge in [-0.05, 0) is 24.3 Å². The maximum absolute atomic E-state index is 13.4. The summed E-state index contributed by atoms with van der Waals surface area (Å²) in [5, 5.41) is 0.595. The van der Waals surface area contributed by atoms with Crippen LogP contribution < -0.4 is 15.7 Å². The molecule has 3 aromatic carbocycles. The predicted molar refractivity (Wildman–Crippen MR) is 114 cm³/mol. The van der Waals surface area contributed by atoms with Gasteiger partial charge in [0, 0.05) is 17.0 Å². The van der Waals surface area contributed by atoms with E-state index in [0.717, 1.165) is 22.6 Å². The molecule has 2 heterocycles. The standard InChI is InChI=1S/C24H21N3O2/c1-15(2)23-25-19-12-6-3-9-16(19)24(28)27(23)26-22-17-10-4-7-13-20(17)29-21-14-8-5-11-18(21)22/h3-15,22,26H,1-2H3. The predicted octanol–water partition coefficient (Wildman–Crippen LogP) is 4.96. The third kappa shape index (κ3) is 2.86. The summed E-state index contributed by atoms with van der Waals surface area (Å²) in [6, 6.07) is 23.1. The Morgan fingerprint density at radius 3 is 2.14 bits per heavy atom. The van der Waals surface area contributed by atoms with Gasteiger partial charge in [-0.1, -0.05) is 62.4 Å². The zero-order chi connectivity index (χ0) is 20.0. The van der Waals surface area contributed by atoms with Crippen molar-refractivity contribution in [2.45, 2.75) is 25.8 Å². The molecule has 144 valence electrons. The lowest BCUT2D eigenvalue weighted by Gasteiger charge is -2.31. The van der Waals surface area contributed by atoms with Crippen molar-refractivity contribution in [2.75, 3.05) is 5.43 Å². The van der Waals surface area contributed by atoms with Crippen LogP contribution in [0, 0.1) is 0 Å². The number of benzene rings is 3. The smallest absolute Gasteiger partial charge is 0.279 e. The Balaban J connectivity index is 1.72. The molecular formula is C24H21N3O2. The summed E-state index contributed by atoms with van der Waals surface area (Å²) < 4.78 is 7.69. The number of para-hydroxylation sites is 3. The first-order valence-corrected chi connectivity index (χ1v) is 9.77. The highest BCUT2D eigenvalue weighted by Crippen LogP contribution is 2.43. The average Bonchev–Trinajstić information content (AvgIpc) is 2.75. The SMILES string of the molecule is CC(C)c1nc2ccccc2c(=O)n1NC1c2ccccc2Oc2ccccc21. The van der Waals surface area contributed by atoms with Crippen LogP contribution >= 0.6 is 0 Å². The second kappa shape index (κ2) is 6.78. The molecule has 0 fully saturated rings. The Labute approximate surface area is 168 Å². The quantitative estimate of drug-likeness (QED) is 0.543. The molecular weight excluding hydrogens is 362 g/mol. The largest absolute Gasteiger partial charge is 0.457 e. The second-order valence-corrected chi connectivity index (χ2v) is 7.52. The fraction of sp³-hybridized carbons (Fsp3) is 0.167. The van der Waals surface area contributed by atoms with Gasteiger partial charge in [0.05, 0.1) is 16.9 Å². The van der Waals surface area contributed by atoms with Crippen molar-refractivity contribution in [2.24, 2.45) is 0 Å². The lowest BCUT2D eigenvalue weighted by Crippen LogP contribution is -2.36. The zero-order valence-electron chi connectivity index (χ0n) is 16.3. The number of hydrogen-bond acceptors (Lipinski definition) is 4. The van der Waals surface area contributed by atoms with E-state index >= 15 is 0 Å². The van der Waals surface area contributed by atoms with Crippen molar-refractivity contribution in [1.29, 1.82) is 0 Å². The van der Waals surface area contributed by atoms with E-state index in [1.54, 1.807) is 4.68 Å². The van der Waals surface area contributed by atoms with E-state index in [4.69, 9.17) is 9.72 Å². The molecule has 0 unspecified atom stereocenters. The van der Waals surface area contributed by atoms with Crippen LogP contribution in [0.5, 0.6) is 11.5 Å². The van der Waals surface area contributed by atoms with Gasteiger partial charge >= 0.3 is 0 Å². The Bertz CT molecular complexity index is 1230. The maximum Gasteiger partial charge on any atom is 0.279 e. The first-order valence-electron chi connectivity index (χ1n) is 9.77. The fourth-order valence-electron chi connectivity index (χ4n) is 3.84. The first kappa shape index (κ1) is 17.5. The van der Waals surface area contributed by atoms with Crippen molar-refractivity contribution >= 4 is 10.9 Å². The number of aromatic nitrogens is 2. The van der Waals surface area contributed by atoms with Crippen LogP contribution in [0.1, 0.15) is 42.8 Å². The van der Waals surface area contributed by atoms with E-state index in [1.165, 1.54) is 0 Å². The van der Waals surface area contributed by atoms with Crippen molar-refractivity contribution in [1.82, 2.24) is 9.66 Å². The summed E-state index contributed by atoms with van der Waals surface area (Å²) in [4.78, 5) is 18.2. The van der Waals surface area contributed by atoms with E-state index in [2.05, 4.69) is 5.43 Å². The minimum Gasteiger partial charge on any atom is -0.457 e. The molecule has 4 aromatic rings. The molecule has 29 heavy (non-hydrogen) atoms. The van der Waals surface area contributed by atoms with Gasteiger partial charge in [0.15, 0.2) is 0 Å². The molecule has 0 spiro atoms. The van der Waals surface area contributed by atoms with Crippen LogP contribution in [0.3, 0.4) is 0 Å². The van der Waals surface area contributed by atoms with Gasteiger partial charge in [0.2, 0.25) is 0 Å². The Morgan fingerprint density at radius 1 is 0.897 bits per heavy atom. The number of nitrogens with one attached hydrogen (secondary N) is 1. The summed E-state index contributed by atoms with van der Waals surface area (Å²) >= 11 is 0.